The molecule has 1 aliphatic rings. The van der Waals surface area contributed by atoms with Crippen molar-refractivity contribution in [2.45, 2.75) is 12.6 Å². The number of hydrogen-bond acceptors (Lipinski definition) is 4. The van der Waals surface area contributed by atoms with Gasteiger partial charge < -0.3 is 16.4 Å². The molecule has 1 atom stereocenters. The van der Waals surface area contributed by atoms with Gasteiger partial charge in [0.25, 0.3) is 5.91 Å². The monoisotopic (exact) mass is 404 g/mol. The van der Waals surface area contributed by atoms with E-state index in [0.717, 1.165) is 0 Å². The molecule has 3 aromatic rings. The molecule has 0 bridgehead atoms. The molecule has 0 radical (unpaired) electrons. The smallest absolute Gasteiger partial charge is 0.315 e. The van der Waals surface area contributed by atoms with Gasteiger partial charge >= 0.3 is 6.03 Å². The van der Waals surface area contributed by atoms with E-state index < -0.39 is 23.8 Å². The first-order valence-electron chi connectivity index (χ1n) is 9.13. The highest BCUT2D eigenvalue weighted by Gasteiger charge is 2.37. The molecule has 0 saturated heterocycles. The topological polar surface area (TPSA) is 131 Å². The number of halogens is 1. The van der Waals surface area contributed by atoms with Gasteiger partial charge in [-0.3, -0.25) is 9.48 Å². The molecule has 2 heterocycles. The third kappa shape index (κ3) is 3.14. The summed E-state index contributed by atoms with van der Waals surface area (Å²) >= 11 is 0. The second-order valence-corrected chi connectivity index (χ2v) is 6.87. The van der Waals surface area contributed by atoms with Gasteiger partial charge in [0.2, 0.25) is 0 Å². The molecule has 9 heteroatoms. The van der Waals surface area contributed by atoms with Crippen molar-refractivity contribution in [3.05, 3.63) is 76.7 Å². The molecule has 2 aromatic carbocycles. The lowest BCUT2D eigenvalue weighted by atomic mass is 9.94. The maximum absolute atomic E-state index is 13.8. The molecular formula is C21H17FN6O2. The van der Waals surface area contributed by atoms with Crippen molar-refractivity contribution in [3.63, 3.8) is 0 Å². The fourth-order valence-corrected chi connectivity index (χ4v) is 3.80. The van der Waals surface area contributed by atoms with Crippen LogP contribution in [0.1, 0.15) is 33.2 Å². The molecule has 0 aliphatic carbocycles. The molecule has 8 nitrogen and oxygen atoms in total. The van der Waals surface area contributed by atoms with Crippen LogP contribution in [0.15, 0.2) is 48.5 Å². The minimum atomic E-state index is -0.750. The van der Waals surface area contributed by atoms with Crippen LogP contribution in [0, 0.1) is 17.1 Å². The molecular weight excluding hydrogens is 387 g/mol. The summed E-state index contributed by atoms with van der Waals surface area (Å²) in [7, 11) is 0. The number of carbonyl (C=O) groups excluding carboxylic acids is 2. The van der Waals surface area contributed by atoms with E-state index in [4.69, 9.17) is 16.7 Å². The van der Waals surface area contributed by atoms with Crippen LogP contribution in [-0.2, 0) is 6.54 Å². The van der Waals surface area contributed by atoms with Gasteiger partial charge in [-0.1, -0.05) is 24.3 Å². The largest absolute Gasteiger partial charge is 0.365 e. The Morgan fingerprint density at radius 2 is 1.87 bits per heavy atom. The van der Waals surface area contributed by atoms with Gasteiger partial charge in [0.1, 0.15) is 17.6 Å². The van der Waals surface area contributed by atoms with Gasteiger partial charge in [0, 0.05) is 12.1 Å². The maximum Gasteiger partial charge on any atom is 0.315 e. The summed E-state index contributed by atoms with van der Waals surface area (Å²) in [6, 6.07) is 12.9. The van der Waals surface area contributed by atoms with Crippen LogP contribution in [-0.4, -0.2) is 33.2 Å². The first-order valence-corrected chi connectivity index (χ1v) is 9.13. The van der Waals surface area contributed by atoms with Crippen molar-refractivity contribution in [1.29, 1.82) is 5.26 Å². The summed E-state index contributed by atoms with van der Waals surface area (Å²) in [4.78, 5) is 26.1. The Hall–Kier alpha value is -4.19. The van der Waals surface area contributed by atoms with Crippen LogP contribution in [0.4, 0.5) is 9.18 Å². The molecule has 1 aromatic heterocycles. The Labute approximate surface area is 171 Å². The lowest BCUT2D eigenvalue weighted by molar-refractivity contribution is 0.0995. The number of amides is 3. The van der Waals surface area contributed by atoms with Gasteiger partial charge in [0.15, 0.2) is 0 Å². The zero-order valence-electron chi connectivity index (χ0n) is 15.7. The second kappa shape index (κ2) is 7.33. The molecule has 1 unspecified atom stereocenters. The van der Waals surface area contributed by atoms with Crippen LogP contribution in [0.5, 0.6) is 0 Å². The van der Waals surface area contributed by atoms with Gasteiger partial charge in [-0.05, 0) is 29.8 Å². The Bertz CT molecular complexity index is 1200. The Morgan fingerprint density at radius 1 is 1.13 bits per heavy atom. The minimum Gasteiger partial charge on any atom is -0.365 e. The minimum absolute atomic E-state index is 0.0981. The van der Waals surface area contributed by atoms with Crippen molar-refractivity contribution < 1.29 is 14.0 Å². The highest BCUT2D eigenvalue weighted by molar-refractivity contribution is 6.00. The fraction of sp³-hybridized carbons (Fsp3) is 0.143. The predicted octanol–water partition coefficient (Wildman–Crippen LogP) is 2.14. The van der Waals surface area contributed by atoms with E-state index in [1.54, 1.807) is 35.0 Å². The molecule has 4 rings (SSSR count). The summed E-state index contributed by atoms with van der Waals surface area (Å²) < 4.78 is 15.4. The average molecular weight is 404 g/mol. The van der Waals surface area contributed by atoms with E-state index in [2.05, 4.69) is 5.10 Å². The highest BCUT2D eigenvalue weighted by Crippen LogP contribution is 2.38. The van der Waals surface area contributed by atoms with Gasteiger partial charge in [-0.25, -0.2) is 9.18 Å². The van der Waals surface area contributed by atoms with Crippen molar-refractivity contribution in [3.8, 4) is 17.3 Å². The van der Waals surface area contributed by atoms with Gasteiger partial charge in [-0.15, -0.1) is 0 Å². The predicted molar refractivity (Wildman–Crippen MR) is 105 cm³/mol. The quantitative estimate of drug-likeness (QED) is 0.692. The number of benzene rings is 2. The summed E-state index contributed by atoms with van der Waals surface area (Å²) in [6.07, 6.45) is 0. The molecule has 4 N–H and O–H groups in total. The number of nitrogens with zero attached hydrogens (tertiary/aromatic N) is 4. The zero-order valence-corrected chi connectivity index (χ0v) is 15.7. The highest BCUT2D eigenvalue weighted by atomic mass is 19.1. The lowest BCUT2D eigenvalue weighted by Crippen LogP contribution is -2.46. The molecule has 3 amide bonds. The second-order valence-electron chi connectivity index (χ2n) is 6.87. The van der Waals surface area contributed by atoms with Crippen LogP contribution >= 0.6 is 0 Å². The van der Waals surface area contributed by atoms with Crippen molar-refractivity contribution >= 4 is 11.9 Å². The fourth-order valence-electron chi connectivity index (χ4n) is 3.80. The molecule has 150 valence electrons. The normalized spacial score (nSPS) is 15.3. The third-order valence-corrected chi connectivity index (χ3v) is 5.10. The number of aromatic nitrogens is 2. The van der Waals surface area contributed by atoms with E-state index in [-0.39, 0.29) is 17.8 Å². The zero-order chi connectivity index (χ0) is 21.4. The standard InChI is InChI=1S/C21H17FN6O2/c22-15-3-1-2-14(10-15)17-16(20(24)29)19-18(13-6-4-12(11-23)5-7-13)27(21(25)30)8-9-28(19)26-17/h1-7,10,18H,8-9H2,(H2,24,29)(H2,25,30). The molecule has 0 saturated carbocycles. The Balaban J connectivity index is 1.96. The van der Waals surface area contributed by atoms with Crippen molar-refractivity contribution in [1.82, 2.24) is 14.7 Å². The van der Waals surface area contributed by atoms with Gasteiger partial charge in [-0.2, -0.15) is 10.4 Å². The number of hydrogen-bond donors (Lipinski definition) is 2. The molecule has 0 spiro atoms. The first-order chi connectivity index (χ1) is 14.4. The van der Waals surface area contributed by atoms with Crippen LogP contribution in [0.25, 0.3) is 11.3 Å². The molecule has 0 fully saturated rings. The van der Waals surface area contributed by atoms with Crippen LogP contribution < -0.4 is 11.5 Å². The summed E-state index contributed by atoms with van der Waals surface area (Å²) in [5, 5.41) is 13.6. The van der Waals surface area contributed by atoms with E-state index in [0.29, 0.717) is 28.9 Å². The van der Waals surface area contributed by atoms with Crippen molar-refractivity contribution in [2.24, 2.45) is 11.5 Å². The third-order valence-electron chi connectivity index (χ3n) is 5.10. The van der Waals surface area contributed by atoms with E-state index in [9.17, 15) is 14.0 Å². The number of primary amides is 2. The summed E-state index contributed by atoms with van der Waals surface area (Å²) in [6.45, 7) is 0.552. The molecule has 1 aliphatic heterocycles. The SMILES string of the molecule is N#Cc1ccc(C2c3c(C(N)=O)c(-c4cccc(F)c4)nn3CCN2C(N)=O)cc1. The lowest BCUT2D eigenvalue weighted by Gasteiger charge is -2.35. The first kappa shape index (κ1) is 19.1. The van der Waals surface area contributed by atoms with E-state index in [1.165, 1.54) is 23.1 Å². The summed E-state index contributed by atoms with van der Waals surface area (Å²) in [5.74, 6) is -1.23. The van der Waals surface area contributed by atoms with E-state index in [1.807, 2.05) is 6.07 Å². The average Bonchev–Trinajstić information content (AvgIpc) is 3.13. The number of carbonyl (C=O) groups is 2. The number of fused-ring (bicyclic) bond motifs is 1. The number of nitrogens with two attached hydrogens (primary N) is 2. The molecule has 30 heavy (non-hydrogen) atoms. The van der Waals surface area contributed by atoms with Gasteiger partial charge in [0.05, 0.1) is 29.4 Å². The Kier molecular flexibility index (Phi) is 4.68. The maximum atomic E-state index is 13.8. The Morgan fingerprint density at radius 3 is 2.47 bits per heavy atom. The number of urea groups is 1. The van der Waals surface area contributed by atoms with Crippen molar-refractivity contribution in [2.75, 3.05) is 6.54 Å². The number of rotatable bonds is 3. The van der Waals surface area contributed by atoms with Crippen LogP contribution in [0.2, 0.25) is 0 Å². The van der Waals surface area contributed by atoms with Crippen LogP contribution in [0.3, 0.4) is 0 Å². The van der Waals surface area contributed by atoms with E-state index >= 15 is 0 Å². The summed E-state index contributed by atoms with van der Waals surface area (Å²) in [5.41, 5.74) is 13.5. The number of nitriles is 1.